The molecule has 1 N–H and O–H groups in total. The number of aryl methyl sites for hydroxylation is 2. The van der Waals surface area contributed by atoms with Crippen LogP contribution in [0.5, 0.6) is 0 Å². The van der Waals surface area contributed by atoms with Crippen molar-refractivity contribution < 1.29 is 5.11 Å². The number of thiazole rings is 1. The first-order chi connectivity index (χ1) is 8.10. The van der Waals surface area contributed by atoms with E-state index in [0.29, 0.717) is 0 Å². The Bertz CT molecular complexity index is 482. The van der Waals surface area contributed by atoms with E-state index in [9.17, 15) is 5.11 Å². The number of hydrogen-bond donors (Lipinski definition) is 1. The minimum Gasteiger partial charge on any atom is -0.388 e. The van der Waals surface area contributed by atoms with Gasteiger partial charge in [-0.05, 0) is 31.9 Å². The maximum absolute atomic E-state index is 9.73. The van der Waals surface area contributed by atoms with Crippen LogP contribution in [-0.2, 0) is 6.54 Å². The van der Waals surface area contributed by atoms with Crippen molar-refractivity contribution >= 4 is 11.3 Å². The third kappa shape index (κ3) is 2.76. The summed E-state index contributed by atoms with van der Waals surface area (Å²) < 4.78 is 2.08. The van der Waals surface area contributed by atoms with Crippen LogP contribution in [0.25, 0.3) is 0 Å². The SMILES string of the molecule is CCC(O)c1ccn(Cc2nc(C)c(C)s2)c1. The average Bonchev–Trinajstić information content (AvgIpc) is 2.87. The summed E-state index contributed by atoms with van der Waals surface area (Å²) in [5.74, 6) is 0. The minimum atomic E-state index is -0.351. The fourth-order valence-corrected chi connectivity index (χ4v) is 2.70. The highest BCUT2D eigenvalue weighted by atomic mass is 32.1. The highest BCUT2D eigenvalue weighted by Gasteiger charge is 2.08. The zero-order valence-electron chi connectivity index (χ0n) is 10.5. The van der Waals surface area contributed by atoms with Crippen LogP contribution >= 0.6 is 11.3 Å². The normalized spacial score (nSPS) is 12.9. The summed E-state index contributed by atoms with van der Waals surface area (Å²) >= 11 is 1.74. The van der Waals surface area contributed by atoms with Gasteiger partial charge in [-0.3, -0.25) is 0 Å². The lowest BCUT2D eigenvalue weighted by Crippen LogP contribution is -1.97. The number of rotatable bonds is 4. The average molecular weight is 250 g/mol. The molecular formula is C13H18N2OS. The van der Waals surface area contributed by atoms with Gasteiger partial charge in [0.15, 0.2) is 0 Å². The smallest absolute Gasteiger partial charge is 0.113 e. The molecule has 2 rings (SSSR count). The second-order valence-corrected chi connectivity index (χ2v) is 5.58. The zero-order chi connectivity index (χ0) is 12.4. The fourth-order valence-electron chi connectivity index (χ4n) is 1.75. The quantitative estimate of drug-likeness (QED) is 0.905. The molecule has 0 bridgehead atoms. The summed E-state index contributed by atoms with van der Waals surface area (Å²) in [7, 11) is 0. The Morgan fingerprint density at radius 1 is 1.47 bits per heavy atom. The lowest BCUT2D eigenvalue weighted by Gasteiger charge is -2.03. The van der Waals surface area contributed by atoms with E-state index in [0.717, 1.165) is 29.2 Å². The van der Waals surface area contributed by atoms with Crippen LogP contribution in [0, 0.1) is 13.8 Å². The van der Waals surface area contributed by atoms with Gasteiger partial charge in [-0.25, -0.2) is 4.98 Å². The van der Waals surface area contributed by atoms with Crippen LogP contribution in [-0.4, -0.2) is 14.7 Å². The molecule has 2 aromatic heterocycles. The Balaban J connectivity index is 2.11. The lowest BCUT2D eigenvalue weighted by molar-refractivity contribution is 0.173. The van der Waals surface area contributed by atoms with Crippen LogP contribution in [0.15, 0.2) is 18.5 Å². The van der Waals surface area contributed by atoms with Crippen LogP contribution in [0.4, 0.5) is 0 Å². The third-order valence-electron chi connectivity index (χ3n) is 2.94. The molecule has 17 heavy (non-hydrogen) atoms. The van der Waals surface area contributed by atoms with Gasteiger partial charge in [0.1, 0.15) is 5.01 Å². The number of hydrogen-bond acceptors (Lipinski definition) is 3. The van der Waals surface area contributed by atoms with Gasteiger partial charge in [0.2, 0.25) is 0 Å². The topological polar surface area (TPSA) is 38.0 Å². The van der Waals surface area contributed by atoms with Crippen LogP contribution < -0.4 is 0 Å². The first-order valence-electron chi connectivity index (χ1n) is 5.86. The van der Waals surface area contributed by atoms with E-state index in [1.54, 1.807) is 11.3 Å². The standard InChI is InChI=1S/C13H18N2OS/c1-4-12(16)11-5-6-15(7-11)8-13-14-9(2)10(3)17-13/h5-7,12,16H,4,8H2,1-3H3. The second kappa shape index (κ2) is 5.02. The molecule has 1 atom stereocenters. The molecule has 2 heterocycles. The Morgan fingerprint density at radius 3 is 2.82 bits per heavy atom. The molecule has 0 aromatic carbocycles. The molecule has 0 spiro atoms. The van der Waals surface area contributed by atoms with Crippen LogP contribution in [0.3, 0.4) is 0 Å². The van der Waals surface area contributed by atoms with Gasteiger partial charge >= 0.3 is 0 Å². The predicted molar refractivity (Wildman–Crippen MR) is 70.4 cm³/mol. The van der Waals surface area contributed by atoms with Crippen LogP contribution in [0.2, 0.25) is 0 Å². The molecule has 2 aromatic rings. The molecule has 0 aliphatic rings. The molecule has 0 aliphatic carbocycles. The maximum Gasteiger partial charge on any atom is 0.113 e. The van der Waals surface area contributed by atoms with E-state index in [4.69, 9.17) is 0 Å². The maximum atomic E-state index is 9.73. The first-order valence-corrected chi connectivity index (χ1v) is 6.68. The molecular weight excluding hydrogens is 232 g/mol. The number of nitrogens with zero attached hydrogens (tertiary/aromatic N) is 2. The molecule has 1 unspecified atom stereocenters. The van der Waals surface area contributed by atoms with Crippen molar-refractivity contribution in [1.29, 1.82) is 0 Å². The van der Waals surface area contributed by atoms with E-state index in [1.807, 2.05) is 32.3 Å². The van der Waals surface area contributed by atoms with E-state index < -0.39 is 0 Å². The van der Waals surface area contributed by atoms with Crippen molar-refractivity contribution in [3.05, 3.63) is 39.6 Å². The molecule has 0 saturated carbocycles. The zero-order valence-corrected chi connectivity index (χ0v) is 11.3. The van der Waals surface area contributed by atoms with E-state index in [1.165, 1.54) is 4.88 Å². The third-order valence-corrected chi connectivity index (χ3v) is 3.99. The highest BCUT2D eigenvalue weighted by Crippen LogP contribution is 2.20. The summed E-state index contributed by atoms with van der Waals surface area (Å²) in [6.07, 6.45) is 4.40. The Hall–Kier alpha value is -1.13. The van der Waals surface area contributed by atoms with Crippen molar-refractivity contribution in [3.63, 3.8) is 0 Å². The molecule has 0 saturated heterocycles. The van der Waals surface area contributed by atoms with Gasteiger partial charge in [0, 0.05) is 17.3 Å². The van der Waals surface area contributed by atoms with E-state index in [2.05, 4.69) is 16.5 Å². The van der Waals surface area contributed by atoms with Gasteiger partial charge in [-0.2, -0.15) is 0 Å². The van der Waals surface area contributed by atoms with Gasteiger partial charge in [0.05, 0.1) is 18.3 Å². The second-order valence-electron chi connectivity index (χ2n) is 4.29. The molecule has 0 radical (unpaired) electrons. The highest BCUT2D eigenvalue weighted by molar-refractivity contribution is 7.11. The van der Waals surface area contributed by atoms with Crippen molar-refractivity contribution in [2.45, 2.75) is 39.8 Å². The summed E-state index contributed by atoms with van der Waals surface area (Å²) in [6, 6.07) is 1.97. The monoisotopic (exact) mass is 250 g/mol. The summed E-state index contributed by atoms with van der Waals surface area (Å²) in [5, 5.41) is 10.8. The molecule has 3 nitrogen and oxygen atoms in total. The molecule has 0 aliphatic heterocycles. The lowest BCUT2D eigenvalue weighted by atomic mass is 10.1. The van der Waals surface area contributed by atoms with E-state index >= 15 is 0 Å². The Labute approximate surface area is 106 Å². The Kier molecular flexibility index (Phi) is 3.64. The summed E-state index contributed by atoms with van der Waals surface area (Å²) in [4.78, 5) is 5.79. The minimum absolute atomic E-state index is 0.351. The largest absolute Gasteiger partial charge is 0.388 e. The summed E-state index contributed by atoms with van der Waals surface area (Å²) in [6.45, 7) is 6.90. The van der Waals surface area contributed by atoms with Gasteiger partial charge in [0.25, 0.3) is 0 Å². The molecule has 0 fully saturated rings. The molecule has 0 amide bonds. The van der Waals surface area contributed by atoms with Crippen molar-refractivity contribution in [3.8, 4) is 0 Å². The van der Waals surface area contributed by atoms with Gasteiger partial charge < -0.3 is 9.67 Å². The van der Waals surface area contributed by atoms with Crippen molar-refractivity contribution in [2.24, 2.45) is 0 Å². The first kappa shape index (κ1) is 12.3. The van der Waals surface area contributed by atoms with Crippen LogP contribution in [0.1, 0.15) is 40.6 Å². The predicted octanol–water partition coefficient (Wildman–Crippen LogP) is 3.05. The molecule has 4 heteroatoms. The fraction of sp³-hybridized carbons (Fsp3) is 0.462. The number of aromatic nitrogens is 2. The van der Waals surface area contributed by atoms with Gasteiger partial charge in [-0.1, -0.05) is 6.92 Å². The molecule has 92 valence electrons. The number of aliphatic hydroxyl groups excluding tert-OH is 1. The van der Waals surface area contributed by atoms with Crippen molar-refractivity contribution in [1.82, 2.24) is 9.55 Å². The Morgan fingerprint density at radius 2 is 2.24 bits per heavy atom. The van der Waals surface area contributed by atoms with Crippen molar-refractivity contribution in [2.75, 3.05) is 0 Å². The number of aliphatic hydroxyl groups is 1. The van der Waals surface area contributed by atoms with Gasteiger partial charge in [-0.15, -0.1) is 11.3 Å². The van der Waals surface area contributed by atoms with E-state index in [-0.39, 0.29) is 6.10 Å². The summed E-state index contributed by atoms with van der Waals surface area (Å²) in [5.41, 5.74) is 2.10.